The zero-order valence-corrected chi connectivity index (χ0v) is 14.1. The molecule has 0 spiro atoms. The summed E-state index contributed by atoms with van der Waals surface area (Å²) >= 11 is 4.50. The van der Waals surface area contributed by atoms with E-state index in [1.165, 1.54) is 17.4 Å². The summed E-state index contributed by atoms with van der Waals surface area (Å²) in [5.74, 6) is 0.398. The molecule has 0 aliphatic carbocycles. The lowest BCUT2D eigenvalue weighted by molar-refractivity contribution is 0.483. The molecular formula is C11H14BrN3O3S2. The highest BCUT2D eigenvalue weighted by Crippen LogP contribution is 2.27. The Morgan fingerprint density at radius 2 is 2.30 bits per heavy atom. The highest BCUT2D eigenvalue weighted by molar-refractivity contribution is 9.10. The maximum Gasteiger partial charge on any atom is 0.245 e. The summed E-state index contributed by atoms with van der Waals surface area (Å²) in [6.45, 7) is 3.74. The average Bonchev–Trinajstić information content (AvgIpc) is 2.95. The Morgan fingerprint density at radius 3 is 2.80 bits per heavy atom. The minimum absolute atomic E-state index is 0.0399. The van der Waals surface area contributed by atoms with Gasteiger partial charge < -0.3 is 10.2 Å². The largest absolute Gasteiger partial charge is 0.452 e. The topological polar surface area (TPSA) is 98.2 Å². The molecule has 9 heteroatoms. The zero-order valence-electron chi connectivity index (χ0n) is 10.9. The van der Waals surface area contributed by atoms with E-state index in [2.05, 4.69) is 25.6 Å². The summed E-state index contributed by atoms with van der Waals surface area (Å²) in [6, 6.07) is 0.994. The van der Waals surface area contributed by atoms with Crippen molar-refractivity contribution in [1.82, 2.24) is 9.71 Å². The predicted molar refractivity (Wildman–Crippen MR) is 79.9 cm³/mol. The number of rotatable bonds is 5. The van der Waals surface area contributed by atoms with Gasteiger partial charge in [-0.05, 0) is 29.8 Å². The van der Waals surface area contributed by atoms with Crippen LogP contribution in [0.25, 0.3) is 0 Å². The third-order valence-corrected chi connectivity index (χ3v) is 6.08. The number of furan rings is 1. The van der Waals surface area contributed by atoms with Gasteiger partial charge in [0.2, 0.25) is 10.0 Å². The summed E-state index contributed by atoms with van der Waals surface area (Å²) in [5, 5.41) is 2.59. The van der Waals surface area contributed by atoms with Gasteiger partial charge in [-0.3, -0.25) is 0 Å². The van der Waals surface area contributed by atoms with E-state index in [0.717, 1.165) is 5.69 Å². The second kappa shape index (κ2) is 5.94. The summed E-state index contributed by atoms with van der Waals surface area (Å²) < 4.78 is 32.5. The van der Waals surface area contributed by atoms with Crippen molar-refractivity contribution in [3.63, 3.8) is 0 Å². The third kappa shape index (κ3) is 3.29. The molecular weight excluding hydrogens is 366 g/mol. The first-order valence-electron chi connectivity index (χ1n) is 5.76. The van der Waals surface area contributed by atoms with Gasteiger partial charge in [0.05, 0.1) is 12.6 Å². The first kappa shape index (κ1) is 15.6. The fourth-order valence-corrected chi connectivity index (χ4v) is 4.68. The number of sulfonamides is 1. The van der Waals surface area contributed by atoms with Crippen LogP contribution >= 0.6 is 27.3 Å². The lowest BCUT2D eigenvalue weighted by Gasteiger charge is -2.10. The lowest BCUT2D eigenvalue weighted by Crippen LogP contribution is -2.26. The molecule has 0 fully saturated rings. The molecule has 110 valence electrons. The maximum atomic E-state index is 12.3. The van der Waals surface area contributed by atoms with Crippen LogP contribution in [0.2, 0.25) is 0 Å². The van der Waals surface area contributed by atoms with Crippen molar-refractivity contribution in [2.45, 2.75) is 31.3 Å². The Labute approximate surface area is 129 Å². The normalized spacial score (nSPS) is 13.6. The molecule has 0 aliphatic rings. The van der Waals surface area contributed by atoms with E-state index in [1.807, 2.05) is 12.3 Å². The van der Waals surface area contributed by atoms with Gasteiger partial charge in [-0.15, -0.1) is 11.3 Å². The van der Waals surface area contributed by atoms with E-state index in [9.17, 15) is 8.42 Å². The second-order valence-electron chi connectivity index (χ2n) is 4.22. The molecule has 0 saturated heterocycles. The zero-order chi connectivity index (χ0) is 14.9. The summed E-state index contributed by atoms with van der Waals surface area (Å²) in [7, 11) is -3.70. The molecule has 20 heavy (non-hydrogen) atoms. The van der Waals surface area contributed by atoms with Crippen LogP contribution in [0.3, 0.4) is 0 Å². The van der Waals surface area contributed by atoms with Crippen LogP contribution in [-0.4, -0.2) is 13.4 Å². The van der Waals surface area contributed by atoms with Crippen molar-refractivity contribution in [2.24, 2.45) is 5.73 Å². The van der Waals surface area contributed by atoms with Gasteiger partial charge in [0, 0.05) is 17.1 Å². The molecule has 0 radical (unpaired) electrons. The molecule has 0 bridgehead atoms. The Kier molecular flexibility index (Phi) is 4.65. The van der Waals surface area contributed by atoms with Crippen molar-refractivity contribution in [3.05, 3.63) is 32.6 Å². The van der Waals surface area contributed by atoms with Gasteiger partial charge >= 0.3 is 0 Å². The van der Waals surface area contributed by atoms with Crippen LogP contribution in [0.1, 0.15) is 29.4 Å². The molecule has 0 amide bonds. The van der Waals surface area contributed by atoms with Gasteiger partial charge in [-0.25, -0.2) is 18.1 Å². The number of hydrogen-bond donors (Lipinski definition) is 2. The Hall–Kier alpha value is -0.740. The van der Waals surface area contributed by atoms with Crippen LogP contribution < -0.4 is 10.5 Å². The first-order valence-corrected chi connectivity index (χ1v) is 8.91. The molecule has 2 aromatic rings. The summed E-state index contributed by atoms with van der Waals surface area (Å²) in [4.78, 5) is 4.31. The molecule has 6 nitrogen and oxygen atoms in total. The van der Waals surface area contributed by atoms with E-state index >= 15 is 0 Å². The quantitative estimate of drug-likeness (QED) is 0.830. The number of nitrogens with one attached hydrogen (secondary N) is 1. The highest BCUT2D eigenvalue weighted by atomic mass is 79.9. The van der Waals surface area contributed by atoms with E-state index < -0.39 is 16.1 Å². The van der Waals surface area contributed by atoms with Crippen LogP contribution in [-0.2, 0) is 16.6 Å². The summed E-state index contributed by atoms with van der Waals surface area (Å²) in [5.41, 5.74) is 6.30. The Morgan fingerprint density at radius 1 is 1.60 bits per heavy atom. The monoisotopic (exact) mass is 379 g/mol. The Balaban J connectivity index is 2.24. The van der Waals surface area contributed by atoms with E-state index in [-0.39, 0.29) is 16.1 Å². The molecule has 1 unspecified atom stereocenters. The third-order valence-electron chi connectivity index (χ3n) is 2.54. The standard InChI is InChI=1S/C11H14BrN3O3S2/c1-6-5-19-11(14-6)7(2)15-20(16,17)9-3-8(4-13)18-10(9)12/h3,5,7,15H,4,13H2,1-2H3. The van der Waals surface area contributed by atoms with Gasteiger partial charge in [-0.1, -0.05) is 0 Å². The van der Waals surface area contributed by atoms with Crippen molar-refractivity contribution >= 4 is 37.3 Å². The SMILES string of the molecule is Cc1csc(C(C)NS(=O)(=O)c2cc(CN)oc2Br)n1. The maximum absolute atomic E-state index is 12.3. The van der Waals surface area contributed by atoms with Crippen LogP contribution in [0, 0.1) is 6.92 Å². The molecule has 2 heterocycles. The predicted octanol–water partition coefficient (Wildman–Crippen LogP) is 2.31. The van der Waals surface area contributed by atoms with Crippen molar-refractivity contribution in [2.75, 3.05) is 0 Å². The number of nitrogens with two attached hydrogens (primary N) is 1. The smallest absolute Gasteiger partial charge is 0.245 e. The van der Waals surface area contributed by atoms with E-state index in [4.69, 9.17) is 10.2 Å². The highest BCUT2D eigenvalue weighted by Gasteiger charge is 2.25. The lowest BCUT2D eigenvalue weighted by atomic mass is 10.4. The van der Waals surface area contributed by atoms with Crippen molar-refractivity contribution < 1.29 is 12.8 Å². The average molecular weight is 380 g/mol. The molecule has 0 aromatic carbocycles. The van der Waals surface area contributed by atoms with Gasteiger partial charge in [0.1, 0.15) is 15.7 Å². The number of nitrogens with zero attached hydrogens (tertiary/aromatic N) is 1. The van der Waals surface area contributed by atoms with Crippen LogP contribution in [0.15, 0.2) is 25.4 Å². The molecule has 2 aromatic heterocycles. The van der Waals surface area contributed by atoms with Crippen LogP contribution in [0.5, 0.6) is 0 Å². The Bertz CT molecular complexity index is 708. The summed E-state index contributed by atoms with van der Waals surface area (Å²) in [6.07, 6.45) is 0. The number of aromatic nitrogens is 1. The molecule has 3 N–H and O–H groups in total. The second-order valence-corrected chi connectivity index (χ2v) is 7.52. The molecule has 0 aliphatic heterocycles. The van der Waals surface area contributed by atoms with E-state index in [1.54, 1.807) is 6.92 Å². The number of aryl methyl sites for hydroxylation is 1. The fourth-order valence-electron chi connectivity index (χ4n) is 1.60. The van der Waals surface area contributed by atoms with Crippen molar-refractivity contribution in [3.8, 4) is 0 Å². The fraction of sp³-hybridized carbons (Fsp3) is 0.364. The number of hydrogen-bond acceptors (Lipinski definition) is 6. The van der Waals surface area contributed by atoms with Crippen molar-refractivity contribution in [1.29, 1.82) is 0 Å². The minimum Gasteiger partial charge on any atom is -0.452 e. The van der Waals surface area contributed by atoms with Gasteiger partial charge in [-0.2, -0.15) is 0 Å². The minimum atomic E-state index is -3.70. The molecule has 2 rings (SSSR count). The first-order chi connectivity index (χ1) is 9.33. The molecule has 1 atom stereocenters. The van der Waals surface area contributed by atoms with Gasteiger partial charge in [0.25, 0.3) is 0 Å². The van der Waals surface area contributed by atoms with Gasteiger partial charge in [0.15, 0.2) is 4.67 Å². The molecule has 0 saturated carbocycles. The van der Waals surface area contributed by atoms with E-state index in [0.29, 0.717) is 10.8 Å². The number of halogens is 1. The number of thiazole rings is 1. The van der Waals surface area contributed by atoms with Crippen LogP contribution in [0.4, 0.5) is 0 Å².